The zero-order chi connectivity index (χ0) is 18.6. The van der Waals surface area contributed by atoms with E-state index in [1.165, 1.54) is 0 Å². The van der Waals surface area contributed by atoms with Crippen LogP contribution in [0.1, 0.15) is 23.5 Å². The highest BCUT2D eigenvalue weighted by Crippen LogP contribution is 2.38. The number of esters is 1. The molecule has 0 spiro atoms. The topological polar surface area (TPSA) is 70.9 Å². The normalized spacial score (nSPS) is 15.9. The van der Waals surface area contributed by atoms with Gasteiger partial charge in [-0.05, 0) is 30.3 Å². The SMILES string of the molecule is O=C1Oc2ccccc2[C@H]1C/C(=N/Nc1ccccc1)c1ccccc1O. The maximum Gasteiger partial charge on any atom is 0.319 e. The lowest BCUT2D eigenvalue weighted by Gasteiger charge is -2.13. The molecule has 2 N–H and O–H groups in total. The summed E-state index contributed by atoms with van der Waals surface area (Å²) in [4.78, 5) is 12.4. The predicted molar refractivity (Wildman–Crippen MR) is 104 cm³/mol. The zero-order valence-corrected chi connectivity index (χ0v) is 14.5. The molecule has 1 aliphatic rings. The van der Waals surface area contributed by atoms with Gasteiger partial charge in [-0.3, -0.25) is 10.2 Å². The molecule has 0 amide bonds. The molecular weight excluding hydrogens is 340 g/mol. The molecule has 0 aliphatic carbocycles. The van der Waals surface area contributed by atoms with Crippen LogP contribution in [-0.4, -0.2) is 16.8 Å². The summed E-state index contributed by atoms with van der Waals surface area (Å²) in [6, 6.07) is 23.9. The Labute approximate surface area is 156 Å². The number of aromatic hydroxyl groups is 1. The maximum absolute atomic E-state index is 12.4. The van der Waals surface area contributed by atoms with Gasteiger partial charge in [-0.25, -0.2) is 0 Å². The molecule has 3 aromatic rings. The zero-order valence-electron chi connectivity index (χ0n) is 14.5. The quantitative estimate of drug-likeness (QED) is 0.309. The summed E-state index contributed by atoms with van der Waals surface area (Å²) < 4.78 is 5.37. The van der Waals surface area contributed by atoms with Crippen molar-refractivity contribution < 1.29 is 14.6 Å². The third kappa shape index (κ3) is 3.53. The van der Waals surface area contributed by atoms with E-state index < -0.39 is 5.92 Å². The van der Waals surface area contributed by atoms with Gasteiger partial charge in [0.25, 0.3) is 0 Å². The van der Waals surface area contributed by atoms with Crippen molar-refractivity contribution in [1.82, 2.24) is 0 Å². The van der Waals surface area contributed by atoms with E-state index in [4.69, 9.17) is 4.74 Å². The van der Waals surface area contributed by atoms with E-state index in [0.717, 1.165) is 11.3 Å². The van der Waals surface area contributed by atoms with Crippen LogP contribution in [0.25, 0.3) is 0 Å². The monoisotopic (exact) mass is 358 g/mol. The number of rotatable bonds is 5. The highest BCUT2D eigenvalue weighted by molar-refractivity contribution is 6.06. The summed E-state index contributed by atoms with van der Waals surface area (Å²) in [5.74, 6) is -0.0675. The molecule has 134 valence electrons. The fourth-order valence-electron chi connectivity index (χ4n) is 3.13. The van der Waals surface area contributed by atoms with Gasteiger partial charge in [0.2, 0.25) is 0 Å². The summed E-state index contributed by atoms with van der Waals surface area (Å²) in [5.41, 5.74) is 5.83. The van der Waals surface area contributed by atoms with E-state index in [2.05, 4.69) is 10.5 Å². The molecule has 0 unspecified atom stereocenters. The fraction of sp³-hybridized carbons (Fsp3) is 0.0909. The number of nitrogens with one attached hydrogen (secondary N) is 1. The summed E-state index contributed by atoms with van der Waals surface area (Å²) in [5, 5.41) is 14.8. The Balaban J connectivity index is 1.68. The molecule has 0 saturated carbocycles. The molecule has 27 heavy (non-hydrogen) atoms. The smallest absolute Gasteiger partial charge is 0.319 e. The first-order valence-electron chi connectivity index (χ1n) is 8.69. The molecule has 1 aliphatic heterocycles. The van der Waals surface area contributed by atoms with Crippen molar-refractivity contribution in [3.05, 3.63) is 90.0 Å². The Morgan fingerprint density at radius 2 is 1.67 bits per heavy atom. The van der Waals surface area contributed by atoms with E-state index in [1.54, 1.807) is 24.3 Å². The molecule has 5 nitrogen and oxygen atoms in total. The molecule has 3 aromatic carbocycles. The number of para-hydroxylation sites is 3. The minimum atomic E-state index is -0.461. The number of benzene rings is 3. The lowest BCUT2D eigenvalue weighted by atomic mass is 9.92. The molecular formula is C22H18N2O3. The molecule has 1 heterocycles. The number of phenolic OH excluding ortho intramolecular Hbond substituents is 1. The third-order valence-electron chi connectivity index (χ3n) is 4.50. The second kappa shape index (κ2) is 7.33. The number of fused-ring (bicyclic) bond motifs is 1. The number of carbonyl (C=O) groups excluding carboxylic acids is 1. The van der Waals surface area contributed by atoms with Crippen molar-refractivity contribution in [2.45, 2.75) is 12.3 Å². The molecule has 0 aromatic heterocycles. The van der Waals surface area contributed by atoms with Gasteiger partial charge in [-0.2, -0.15) is 5.10 Å². The maximum atomic E-state index is 12.4. The summed E-state index contributed by atoms with van der Waals surface area (Å²) in [6.07, 6.45) is 0.313. The van der Waals surface area contributed by atoms with Gasteiger partial charge in [-0.15, -0.1) is 0 Å². The van der Waals surface area contributed by atoms with Gasteiger partial charge >= 0.3 is 5.97 Å². The number of hydrazone groups is 1. The minimum Gasteiger partial charge on any atom is -0.507 e. The van der Waals surface area contributed by atoms with Crippen molar-refractivity contribution >= 4 is 17.4 Å². The number of ether oxygens (including phenoxy) is 1. The van der Waals surface area contributed by atoms with Crippen LogP contribution < -0.4 is 10.2 Å². The Kier molecular flexibility index (Phi) is 4.58. The predicted octanol–water partition coefficient (Wildman–Crippen LogP) is 4.30. The number of hydrogen-bond donors (Lipinski definition) is 2. The lowest BCUT2D eigenvalue weighted by molar-refractivity contribution is -0.133. The lowest BCUT2D eigenvalue weighted by Crippen LogP contribution is -2.16. The number of phenols is 1. The highest BCUT2D eigenvalue weighted by atomic mass is 16.5. The number of nitrogens with zero attached hydrogens (tertiary/aromatic N) is 1. The van der Waals surface area contributed by atoms with Crippen molar-refractivity contribution in [1.29, 1.82) is 0 Å². The van der Waals surface area contributed by atoms with Crippen molar-refractivity contribution in [2.24, 2.45) is 5.10 Å². The molecule has 1 atom stereocenters. The summed E-state index contributed by atoms with van der Waals surface area (Å²) in [7, 11) is 0. The largest absolute Gasteiger partial charge is 0.507 e. The van der Waals surface area contributed by atoms with Crippen molar-refractivity contribution in [3.63, 3.8) is 0 Å². The Morgan fingerprint density at radius 1 is 0.963 bits per heavy atom. The average molecular weight is 358 g/mol. The second-order valence-electron chi connectivity index (χ2n) is 6.27. The van der Waals surface area contributed by atoms with E-state index in [-0.39, 0.29) is 11.7 Å². The molecule has 0 fully saturated rings. The minimum absolute atomic E-state index is 0.116. The Morgan fingerprint density at radius 3 is 2.48 bits per heavy atom. The van der Waals surface area contributed by atoms with E-state index >= 15 is 0 Å². The van der Waals surface area contributed by atoms with Crippen LogP contribution in [0, 0.1) is 0 Å². The van der Waals surface area contributed by atoms with Gasteiger partial charge < -0.3 is 9.84 Å². The first-order valence-corrected chi connectivity index (χ1v) is 8.69. The van der Waals surface area contributed by atoms with Crippen LogP contribution in [0.15, 0.2) is 84.0 Å². The van der Waals surface area contributed by atoms with Crippen LogP contribution >= 0.6 is 0 Å². The molecule has 0 saturated heterocycles. The second-order valence-corrected chi connectivity index (χ2v) is 6.27. The van der Waals surface area contributed by atoms with Gasteiger partial charge in [-0.1, -0.05) is 48.5 Å². The standard InChI is InChI=1S/C22H18N2O3/c25-20-12-6-4-11-17(20)19(24-23-15-8-2-1-3-9-15)14-18-16-10-5-7-13-21(16)27-22(18)26/h1-13,18,23,25H,14H2/b24-19-/t18-/m1/s1. The number of anilines is 1. The van der Waals surface area contributed by atoms with Crippen LogP contribution in [0.5, 0.6) is 11.5 Å². The highest BCUT2D eigenvalue weighted by Gasteiger charge is 2.34. The Bertz CT molecular complexity index is 999. The molecule has 4 rings (SSSR count). The fourth-order valence-corrected chi connectivity index (χ4v) is 3.13. The van der Waals surface area contributed by atoms with Crippen LogP contribution in [-0.2, 0) is 4.79 Å². The third-order valence-corrected chi connectivity index (χ3v) is 4.50. The van der Waals surface area contributed by atoms with E-state index in [9.17, 15) is 9.90 Å². The van der Waals surface area contributed by atoms with Crippen molar-refractivity contribution in [3.8, 4) is 11.5 Å². The first-order chi connectivity index (χ1) is 13.2. The number of carbonyl (C=O) groups is 1. The first kappa shape index (κ1) is 16.8. The van der Waals surface area contributed by atoms with Gasteiger partial charge in [0.15, 0.2) is 0 Å². The van der Waals surface area contributed by atoms with Gasteiger partial charge in [0.1, 0.15) is 11.5 Å². The van der Waals surface area contributed by atoms with Crippen LogP contribution in [0.4, 0.5) is 5.69 Å². The van der Waals surface area contributed by atoms with Crippen LogP contribution in [0.3, 0.4) is 0 Å². The van der Waals surface area contributed by atoms with E-state index in [1.807, 2.05) is 54.6 Å². The Hall–Kier alpha value is -3.60. The van der Waals surface area contributed by atoms with Crippen molar-refractivity contribution in [2.75, 3.05) is 5.43 Å². The van der Waals surface area contributed by atoms with Crippen LogP contribution in [0.2, 0.25) is 0 Å². The molecule has 5 heteroatoms. The number of hydrogen-bond acceptors (Lipinski definition) is 5. The average Bonchev–Trinajstić information content (AvgIpc) is 3.01. The summed E-state index contributed by atoms with van der Waals surface area (Å²) >= 11 is 0. The molecule has 0 radical (unpaired) electrons. The molecule has 0 bridgehead atoms. The van der Waals surface area contributed by atoms with Gasteiger partial charge in [0.05, 0.1) is 17.3 Å². The van der Waals surface area contributed by atoms with E-state index in [0.29, 0.717) is 23.4 Å². The van der Waals surface area contributed by atoms with Gasteiger partial charge in [0, 0.05) is 17.5 Å². The summed E-state index contributed by atoms with van der Waals surface area (Å²) in [6.45, 7) is 0.